The van der Waals surface area contributed by atoms with E-state index in [1.165, 1.54) is 23.3 Å². The molecule has 0 aliphatic rings. The van der Waals surface area contributed by atoms with Crippen LogP contribution in [0.25, 0.3) is 0 Å². The van der Waals surface area contributed by atoms with Crippen molar-refractivity contribution in [3.63, 3.8) is 0 Å². The van der Waals surface area contributed by atoms with Gasteiger partial charge in [0.2, 0.25) is 5.91 Å². The number of anilines is 1. The third-order valence-corrected chi connectivity index (χ3v) is 4.79. The third-order valence-electron chi connectivity index (χ3n) is 2.95. The van der Waals surface area contributed by atoms with Crippen LogP contribution in [0.5, 0.6) is 5.75 Å². The van der Waals surface area contributed by atoms with Crippen LogP contribution < -0.4 is 10.1 Å². The van der Waals surface area contributed by atoms with E-state index in [1.54, 1.807) is 37.4 Å². The number of nitrogens with zero attached hydrogens (tertiary/aromatic N) is 1. The van der Waals surface area contributed by atoms with Crippen molar-refractivity contribution in [3.8, 4) is 5.75 Å². The SMILES string of the molecule is COc1ccc(Cl)cc1NC(=O)CN(C)C(=O)c1ccc(Br)s1. The Balaban J connectivity index is 2.02. The summed E-state index contributed by atoms with van der Waals surface area (Å²) < 4.78 is 6.03. The van der Waals surface area contributed by atoms with Crippen LogP contribution >= 0.6 is 38.9 Å². The van der Waals surface area contributed by atoms with Crippen molar-refractivity contribution in [3.05, 3.63) is 44.0 Å². The first-order valence-corrected chi connectivity index (χ1v) is 8.53. The normalized spacial score (nSPS) is 10.3. The molecule has 1 heterocycles. The zero-order valence-corrected chi connectivity index (χ0v) is 15.6. The van der Waals surface area contributed by atoms with Crippen molar-refractivity contribution in [1.29, 1.82) is 0 Å². The lowest BCUT2D eigenvalue weighted by molar-refractivity contribution is -0.116. The van der Waals surface area contributed by atoms with Crippen LogP contribution in [0.4, 0.5) is 5.69 Å². The topological polar surface area (TPSA) is 58.6 Å². The van der Waals surface area contributed by atoms with Gasteiger partial charge >= 0.3 is 0 Å². The molecule has 1 aromatic heterocycles. The van der Waals surface area contributed by atoms with Crippen molar-refractivity contribution in [2.45, 2.75) is 0 Å². The van der Waals surface area contributed by atoms with Gasteiger partial charge in [-0.1, -0.05) is 11.6 Å². The number of methoxy groups -OCH3 is 1. The Morgan fingerprint density at radius 2 is 2.09 bits per heavy atom. The second kappa shape index (κ2) is 7.81. The van der Waals surface area contributed by atoms with E-state index in [9.17, 15) is 9.59 Å². The van der Waals surface area contributed by atoms with Gasteiger partial charge in [0.05, 0.1) is 28.0 Å². The highest BCUT2D eigenvalue weighted by molar-refractivity contribution is 9.11. The average Bonchev–Trinajstić information content (AvgIpc) is 2.93. The molecule has 1 aromatic carbocycles. The molecule has 0 unspecified atom stereocenters. The van der Waals surface area contributed by atoms with Gasteiger partial charge in [0.1, 0.15) is 5.75 Å². The molecule has 2 amide bonds. The number of carbonyl (C=O) groups is 2. The molecule has 1 N–H and O–H groups in total. The number of ether oxygens (including phenoxy) is 1. The standard InChI is InChI=1S/C15H14BrClN2O3S/c1-19(15(21)12-5-6-13(16)23-12)8-14(20)18-10-7-9(17)3-4-11(10)22-2/h3-7H,8H2,1-2H3,(H,18,20). The zero-order valence-electron chi connectivity index (χ0n) is 12.4. The number of amides is 2. The van der Waals surface area contributed by atoms with Gasteiger partial charge in [-0.25, -0.2) is 0 Å². The summed E-state index contributed by atoms with van der Waals surface area (Å²) in [7, 11) is 3.08. The van der Waals surface area contributed by atoms with Gasteiger partial charge < -0.3 is 15.0 Å². The van der Waals surface area contributed by atoms with E-state index in [1.807, 2.05) is 0 Å². The molecule has 0 radical (unpaired) electrons. The van der Waals surface area contributed by atoms with E-state index in [2.05, 4.69) is 21.2 Å². The number of likely N-dealkylation sites (N-methyl/N-ethyl adjacent to an activating group) is 1. The summed E-state index contributed by atoms with van der Waals surface area (Å²) in [6, 6.07) is 8.43. The largest absolute Gasteiger partial charge is 0.495 e. The minimum Gasteiger partial charge on any atom is -0.495 e. The minimum atomic E-state index is -0.336. The molecule has 23 heavy (non-hydrogen) atoms. The van der Waals surface area contributed by atoms with E-state index in [0.717, 1.165) is 3.79 Å². The molecule has 0 bridgehead atoms. The smallest absolute Gasteiger partial charge is 0.264 e. The highest BCUT2D eigenvalue weighted by Gasteiger charge is 2.17. The van der Waals surface area contributed by atoms with Crippen LogP contribution in [0.3, 0.4) is 0 Å². The first-order chi connectivity index (χ1) is 10.9. The quantitative estimate of drug-likeness (QED) is 0.803. The van der Waals surface area contributed by atoms with Crippen molar-refractivity contribution in [2.24, 2.45) is 0 Å². The fourth-order valence-corrected chi connectivity index (χ4v) is 3.43. The molecule has 0 atom stereocenters. The summed E-state index contributed by atoms with van der Waals surface area (Å²) >= 11 is 10.6. The lowest BCUT2D eigenvalue weighted by atomic mass is 10.3. The summed E-state index contributed by atoms with van der Waals surface area (Å²) in [5.41, 5.74) is 0.463. The summed E-state index contributed by atoms with van der Waals surface area (Å²) in [6.45, 7) is -0.0793. The molecule has 2 rings (SSSR count). The van der Waals surface area contributed by atoms with Crippen LogP contribution in [-0.4, -0.2) is 37.4 Å². The van der Waals surface area contributed by atoms with Gasteiger partial charge in [-0.3, -0.25) is 9.59 Å². The number of halogens is 2. The van der Waals surface area contributed by atoms with Crippen LogP contribution in [0.1, 0.15) is 9.67 Å². The summed E-state index contributed by atoms with van der Waals surface area (Å²) in [5, 5.41) is 3.18. The van der Waals surface area contributed by atoms with Crippen LogP contribution in [0.2, 0.25) is 5.02 Å². The predicted molar refractivity (Wildman–Crippen MR) is 95.6 cm³/mol. The third kappa shape index (κ3) is 4.70. The van der Waals surface area contributed by atoms with E-state index < -0.39 is 0 Å². The monoisotopic (exact) mass is 416 g/mol. The number of hydrogen-bond acceptors (Lipinski definition) is 4. The summed E-state index contributed by atoms with van der Waals surface area (Å²) in [6.07, 6.45) is 0. The number of thiophene rings is 1. The van der Waals surface area contributed by atoms with Crippen molar-refractivity contribution < 1.29 is 14.3 Å². The lowest BCUT2D eigenvalue weighted by Crippen LogP contribution is -2.34. The first kappa shape index (κ1) is 17.8. The second-order valence-corrected chi connectivity index (χ2v) is 7.56. The van der Waals surface area contributed by atoms with E-state index >= 15 is 0 Å². The molecular weight excluding hydrogens is 404 g/mol. The Morgan fingerprint density at radius 3 is 2.70 bits per heavy atom. The Morgan fingerprint density at radius 1 is 1.35 bits per heavy atom. The minimum absolute atomic E-state index is 0.0793. The van der Waals surface area contributed by atoms with Crippen LogP contribution in [0, 0.1) is 0 Å². The Hall–Kier alpha value is -1.57. The van der Waals surface area contributed by atoms with Gasteiger partial charge in [-0.05, 0) is 46.3 Å². The zero-order chi connectivity index (χ0) is 17.0. The molecule has 0 aliphatic carbocycles. The molecule has 0 saturated heterocycles. The summed E-state index contributed by atoms with van der Waals surface area (Å²) in [4.78, 5) is 26.3. The van der Waals surface area contributed by atoms with E-state index in [-0.39, 0.29) is 18.4 Å². The molecule has 0 spiro atoms. The Kier molecular flexibility index (Phi) is 6.04. The number of rotatable bonds is 5. The maximum Gasteiger partial charge on any atom is 0.264 e. The lowest BCUT2D eigenvalue weighted by Gasteiger charge is -2.17. The van der Waals surface area contributed by atoms with Crippen molar-refractivity contribution in [2.75, 3.05) is 26.0 Å². The molecule has 2 aromatic rings. The molecule has 0 saturated carbocycles. The Labute approximate surface area is 151 Å². The fraction of sp³-hybridized carbons (Fsp3) is 0.200. The average molecular weight is 418 g/mol. The molecular formula is C15H14BrClN2O3S. The maximum atomic E-state index is 12.2. The van der Waals surface area contributed by atoms with Crippen LogP contribution in [0.15, 0.2) is 34.1 Å². The highest BCUT2D eigenvalue weighted by Crippen LogP contribution is 2.27. The molecule has 0 fully saturated rings. The van der Waals surface area contributed by atoms with Crippen LogP contribution in [-0.2, 0) is 4.79 Å². The number of benzene rings is 1. The predicted octanol–water partition coefficient (Wildman–Crippen LogP) is 3.88. The number of nitrogens with one attached hydrogen (secondary N) is 1. The van der Waals surface area contributed by atoms with Gasteiger partial charge in [-0.15, -0.1) is 11.3 Å². The first-order valence-electron chi connectivity index (χ1n) is 6.55. The number of hydrogen-bond donors (Lipinski definition) is 1. The summed E-state index contributed by atoms with van der Waals surface area (Å²) in [5.74, 6) is -0.0511. The molecule has 8 heteroatoms. The number of carbonyl (C=O) groups excluding carboxylic acids is 2. The second-order valence-electron chi connectivity index (χ2n) is 4.66. The Bertz CT molecular complexity index is 735. The van der Waals surface area contributed by atoms with Gasteiger partial charge in [-0.2, -0.15) is 0 Å². The van der Waals surface area contributed by atoms with Crippen molar-refractivity contribution in [1.82, 2.24) is 4.90 Å². The van der Waals surface area contributed by atoms with Crippen molar-refractivity contribution >= 4 is 56.4 Å². The van der Waals surface area contributed by atoms with E-state index in [4.69, 9.17) is 16.3 Å². The maximum absolute atomic E-state index is 12.2. The molecule has 5 nitrogen and oxygen atoms in total. The molecule has 122 valence electrons. The molecule has 0 aliphatic heterocycles. The van der Waals surface area contributed by atoms with Gasteiger partial charge in [0, 0.05) is 12.1 Å². The highest BCUT2D eigenvalue weighted by atomic mass is 79.9. The van der Waals surface area contributed by atoms with Gasteiger partial charge in [0.15, 0.2) is 0 Å². The fourth-order valence-electron chi connectivity index (χ4n) is 1.87. The van der Waals surface area contributed by atoms with E-state index in [0.29, 0.717) is 21.3 Å². The van der Waals surface area contributed by atoms with Gasteiger partial charge in [0.25, 0.3) is 5.91 Å².